The lowest BCUT2D eigenvalue weighted by atomic mass is 10.1. The summed E-state index contributed by atoms with van der Waals surface area (Å²) in [5.41, 5.74) is 1.66. The van der Waals surface area contributed by atoms with Crippen LogP contribution in [0.15, 0.2) is 18.2 Å². The van der Waals surface area contributed by atoms with Crippen LogP contribution >= 0.6 is 0 Å². The fourth-order valence-electron chi connectivity index (χ4n) is 1.65. The van der Waals surface area contributed by atoms with Crippen molar-refractivity contribution >= 4 is 11.5 Å². The zero-order valence-electron chi connectivity index (χ0n) is 8.63. The summed E-state index contributed by atoms with van der Waals surface area (Å²) in [6.45, 7) is 1.61. The van der Waals surface area contributed by atoms with Crippen LogP contribution in [-0.2, 0) is 0 Å². The lowest BCUT2D eigenvalue weighted by molar-refractivity contribution is 0.625. The highest BCUT2D eigenvalue weighted by molar-refractivity contribution is 5.93. The van der Waals surface area contributed by atoms with E-state index in [1.165, 1.54) is 17.1 Å². The van der Waals surface area contributed by atoms with Crippen molar-refractivity contribution in [3.63, 3.8) is 0 Å². The highest BCUT2D eigenvalue weighted by Crippen LogP contribution is 2.44. The smallest absolute Gasteiger partial charge is 0.123 e. The average molecular weight is 207 g/mol. The first-order chi connectivity index (χ1) is 7.09. The van der Waals surface area contributed by atoms with Gasteiger partial charge in [0.2, 0.25) is 0 Å². The first-order valence-corrected chi connectivity index (χ1v) is 4.99. The minimum Gasteiger partial charge on any atom is -0.287 e. The van der Waals surface area contributed by atoms with Crippen molar-refractivity contribution in [2.75, 3.05) is 5.01 Å². The SMILES string of the molecule is CC(=N)N(N)c1ccc(F)cc1C1CC1. The molecule has 15 heavy (non-hydrogen) atoms. The number of hydrogen-bond acceptors (Lipinski definition) is 2. The fourth-order valence-corrected chi connectivity index (χ4v) is 1.65. The maximum Gasteiger partial charge on any atom is 0.123 e. The molecule has 0 heterocycles. The molecule has 3 nitrogen and oxygen atoms in total. The third-order valence-corrected chi connectivity index (χ3v) is 2.63. The zero-order chi connectivity index (χ0) is 11.0. The van der Waals surface area contributed by atoms with Crippen LogP contribution in [-0.4, -0.2) is 5.84 Å². The standard InChI is InChI=1S/C11H14FN3/c1-7(13)15(14)11-5-4-9(12)6-10(11)8-2-3-8/h4-6,8,13H,2-3,14H2,1H3. The second-order valence-corrected chi connectivity index (χ2v) is 3.93. The lowest BCUT2D eigenvalue weighted by Gasteiger charge is -2.20. The predicted octanol–water partition coefficient (Wildman–Crippen LogP) is 2.38. The second-order valence-electron chi connectivity index (χ2n) is 3.93. The quantitative estimate of drug-likeness (QED) is 0.338. The molecule has 2 rings (SSSR count). The molecule has 0 atom stereocenters. The van der Waals surface area contributed by atoms with E-state index >= 15 is 0 Å². The Morgan fingerprint density at radius 3 is 2.73 bits per heavy atom. The number of nitrogens with two attached hydrogens (primary N) is 1. The van der Waals surface area contributed by atoms with Crippen LogP contribution in [0.25, 0.3) is 0 Å². The molecular formula is C11H14FN3. The van der Waals surface area contributed by atoms with Gasteiger partial charge in [0.05, 0.1) is 5.69 Å². The van der Waals surface area contributed by atoms with E-state index in [0.717, 1.165) is 24.1 Å². The highest BCUT2D eigenvalue weighted by atomic mass is 19.1. The lowest BCUT2D eigenvalue weighted by Crippen LogP contribution is -2.35. The van der Waals surface area contributed by atoms with Gasteiger partial charge in [0.15, 0.2) is 0 Å². The Morgan fingerprint density at radius 1 is 1.53 bits per heavy atom. The molecule has 0 unspecified atom stereocenters. The van der Waals surface area contributed by atoms with Crippen molar-refractivity contribution in [3.05, 3.63) is 29.6 Å². The number of nitrogens with one attached hydrogen (secondary N) is 1. The van der Waals surface area contributed by atoms with Crippen LogP contribution in [0.2, 0.25) is 0 Å². The third kappa shape index (κ3) is 1.99. The normalized spacial score (nSPS) is 15.1. The van der Waals surface area contributed by atoms with Crippen molar-refractivity contribution in [1.82, 2.24) is 0 Å². The molecule has 1 aliphatic rings. The van der Waals surface area contributed by atoms with Gasteiger partial charge in [-0.3, -0.25) is 10.4 Å². The summed E-state index contributed by atoms with van der Waals surface area (Å²) in [6.07, 6.45) is 2.17. The van der Waals surface area contributed by atoms with E-state index in [4.69, 9.17) is 11.3 Å². The van der Waals surface area contributed by atoms with Gasteiger partial charge in [0.1, 0.15) is 11.7 Å². The summed E-state index contributed by atoms with van der Waals surface area (Å²) in [4.78, 5) is 0. The number of hydrogen-bond donors (Lipinski definition) is 2. The van der Waals surface area contributed by atoms with Crippen LogP contribution in [0.3, 0.4) is 0 Å². The fraction of sp³-hybridized carbons (Fsp3) is 0.364. The van der Waals surface area contributed by atoms with Crippen LogP contribution in [0, 0.1) is 11.2 Å². The van der Waals surface area contributed by atoms with Gasteiger partial charge in [-0.05, 0) is 49.4 Å². The maximum absolute atomic E-state index is 13.1. The second kappa shape index (κ2) is 3.62. The Kier molecular flexibility index (Phi) is 2.44. The summed E-state index contributed by atoms with van der Waals surface area (Å²) < 4.78 is 13.1. The number of hydrazine groups is 1. The molecule has 1 aromatic carbocycles. The molecule has 1 fully saturated rings. The molecule has 0 radical (unpaired) electrons. The minimum atomic E-state index is -0.239. The van der Waals surface area contributed by atoms with E-state index in [-0.39, 0.29) is 11.7 Å². The van der Waals surface area contributed by atoms with E-state index in [0.29, 0.717) is 5.92 Å². The summed E-state index contributed by atoms with van der Waals surface area (Å²) in [5, 5.41) is 8.76. The first-order valence-electron chi connectivity index (χ1n) is 4.99. The molecule has 0 aromatic heterocycles. The molecule has 1 aliphatic carbocycles. The molecule has 1 saturated carbocycles. The molecule has 1 aromatic rings. The van der Waals surface area contributed by atoms with E-state index in [9.17, 15) is 4.39 Å². The predicted molar refractivity (Wildman–Crippen MR) is 58.4 cm³/mol. The molecule has 0 saturated heterocycles. The van der Waals surface area contributed by atoms with Gasteiger partial charge in [-0.25, -0.2) is 10.2 Å². The number of benzene rings is 1. The van der Waals surface area contributed by atoms with Crippen molar-refractivity contribution < 1.29 is 4.39 Å². The summed E-state index contributed by atoms with van der Waals surface area (Å²) in [7, 11) is 0. The number of halogens is 1. The molecular weight excluding hydrogens is 193 g/mol. The summed E-state index contributed by atoms with van der Waals surface area (Å²) in [5.74, 6) is 6.17. The van der Waals surface area contributed by atoms with Crippen LogP contribution < -0.4 is 10.9 Å². The van der Waals surface area contributed by atoms with Crippen LogP contribution in [0.5, 0.6) is 0 Å². The number of rotatable bonds is 2. The highest BCUT2D eigenvalue weighted by Gasteiger charge is 2.28. The summed E-state index contributed by atoms with van der Waals surface area (Å²) in [6, 6.07) is 4.54. The largest absolute Gasteiger partial charge is 0.287 e. The van der Waals surface area contributed by atoms with E-state index in [1.54, 1.807) is 13.0 Å². The van der Waals surface area contributed by atoms with Gasteiger partial charge >= 0.3 is 0 Å². The zero-order valence-corrected chi connectivity index (χ0v) is 8.63. The Hall–Kier alpha value is -1.42. The topological polar surface area (TPSA) is 53.1 Å². The first kappa shape index (κ1) is 10.1. The van der Waals surface area contributed by atoms with Gasteiger partial charge < -0.3 is 0 Å². The minimum absolute atomic E-state index is 0.239. The molecule has 0 amide bonds. The van der Waals surface area contributed by atoms with E-state index in [2.05, 4.69) is 0 Å². The monoisotopic (exact) mass is 207 g/mol. The molecule has 0 bridgehead atoms. The van der Waals surface area contributed by atoms with Gasteiger partial charge in [-0.2, -0.15) is 0 Å². The van der Waals surface area contributed by atoms with Gasteiger partial charge in [0, 0.05) is 0 Å². The number of amidine groups is 1. The Labute approximate surface area is 88.2 Å². The number of nitrogens with zero attached hydrogens (tertiary/aromatic N) is 1. The Balaban J connectivity index is 2.40. The maximum atomic E-state index is 13.1. The van der Waals surface area contributed by atoms with Gasteiger partial charge in [-0.1, -0.05) is 0 Å². The van der Waals surface area contributed by atoms with E-state index in [1.807, 2.05) is 0 Å². The van der Waals surface area contributed by atoms with Crippen molar-refractivity contribution in [3.8, 4) is 0 Å². The van der Waals surface area contributed by atoms with Crippen molar-refractivity contribution in [1.29, 1.82) is 5.41 Å². The van der Waals surface area contributed by atoms with Crippen LogP contribution in [0.1, 0.15) is 31.2 Å². The molecule has 0 aliphatic heterocycles. The van der Waals surface area contributed by atoms with Crippen molar-refractivity contribution in [2.24, 2.45) is 5.84 Å². The van der Waals surface area contributed by atoms with Crippen molar-refractivity contribution in [2.45, 2.75) is 25.7 Å². The molecule has 4 heteroatoms. The molecule has 0 spiro atoms. The Morgan fingerprint density at radius 2 is 2.20 bits per heavy atom. The van der Waals surface area contributed by atoms with Gasteiger partial charge in [-0.15, -0.1) is 0 Å². The molecule has 3 N–H and O–H groups in total. The number of anilines is 1. The summed E-state index contributed by atoms with van der Waals surface area (Å²) >= 11 is 0. The average Bonchev–Trinajstić information content (AvgIpc) is 2.99. The Bertz CT molecular complexity index is 399. The molecule has 80 valence electrons. The van der Waals surface area contributed by atoms with Crippen LogP contribution in [0.4, 0.5) is 10.1 Å². The van der Waals surface area contributed by atoms with Gasteiger partial charge in [0.25, 0.3) is 0 Å². The van der Waals surface area contributed by atoms with E-state index < -0.39 is 0 Å². The third-order valence-electron chi connectivity index (χ3n) is 2.63.